The summed E-state index contributed by atoms with van der Waals surface area (Å²) in [5.41, 5.74) is 1.10. The van der Waals surface area contributed by atoms with E-state index in [-0.39, 0.29) is 0 Å². The van der Waals surface area contributed by atoms with E-state index in [1.54, 1.807) is 20.1 Å². The van der Waals surface area contributed by atoms with Crippen LogP contribution in [0, 0.1) is 0 Å². The number of thiazole rings is 1. The number of rotatable bonds is 6. The Morgan fingerprint density at radius 2 is 2.00 bits per heavy atom. The van der Waals surface area contributed by atoms with Crippen molar-refractivity contribution in [2.45, 2.75) is 19.4 Å². The summed E-state index contributed by atoms with van der Waals surface area (Å²) in [5.74, 6) is -0.263. The van der Waals surface area contributed by atoms with Gasteiger partial charge in [0.05, 0.1) is 22.9 Å². The van der Waals surface area contributed by atoms with Gasteiger partial charge in [0.2, 0.25) is 0 Å². The number of ether oxygens (including phenoxy) is 2. The van der Waals surface area contributed by atoms with Crippen LogP contribution in [0.4, 0.5) is 5.13 Å². The van der Waals surface area contributed by atoms with Crippen LogP contribution in [0.25, 0.3) is 10.2 Å². The maximum atomic E-state index is 12.5. The Kier molecular flexibility index (Phi) is 5.43. The molecule has 134 valence electrons. The molecule has 7 nitrogen and oxygen atoms in total. The predicted octanol–water partition coefficient (Wildman–Crippen LogP) is 3.27. The van der Waals surface area contributed by atoms with Crippen LogP contribution in [0.15, 0.2) is 42.7 Å². The van der Waals surface area contributed by atoms with Crippen molar-refractivity contribution in [1.82, 2.24) is 9.97 Å². The molecule has 1 atom stereocenters. The van der Waals surface area contributed by atoms with E-state index in [9.17, 15) is 9.59 Å². The fourth-order valence-corrected chi connectivity index (χ4v) is 3.18. The molecule has 0 fully saturated rings. The van der Waals surface area contributed by atoms with Gasteiger partial charge in [0.1, 0.15) is 5.75 Å². The second-order valence-electron chi connectivity index (χ2n) is 5.38. The highest BCUT2D eigenvalue weighted by atomic mass is 32.1. The van der Waals surface area contributed by atoms with Crippen molar-refractivity contribution in [3.05, 3.63) is 48.3 Å². The van der Waals surface area contributed by atoms with Gasteiger partial charge in [0, 0.05) is 12.4 Å². The fourth-order valence-electron chi connectivity index (χ4n) is 2.28. The van der Waals surface area contributed by atoms with Crippen LogP contribution in [0.1, 0.15) is 23.7 Å². The van der Waals surface area contributed by atoms with Crippen molar-refractivity contribution in [2.24, 2.45) is 0 Å². The lowest BCUT2D eigenvalue weighted by Crippen LogP contribution is -2.32. The fraction of sp³-hybridized carbons (Fsp3) is 0.222. The number of nitrogens with zero attached hydrogens (tertiary/aromatic N) is 2. The minimum absolute atomic E-state index is 0.346. The van der Waals surface area contributed by atoms with Gasteiger partial charge < -0.3 is 9.47 Å². The van der Waals surface area contributed by atoms with Crippen LogP contribution in [-0.2, 0) is 9.53 Å². The molecule has 8 heteroatoms. The summed E-state index contributed by atoms with van der Waals surface area (Å²) in [6.45, 7) is 1.77. The molecule has 0 aliphatic carbocycles. The Morgan fingerprint density at radius 1 is 1.23 bits per heavy atom. The van der Waals surface area contributed by atoms with Gasteiger partial charge in [-0.05, 0) is 36.8 Å². The van der Waals surface area contributed by atoms with Crippen LogP contribution < -0.4 is 10.1 Å². The van der Waals surface area contributed by atoms with E-state index in [0.717, 1.165) is 16.0 Å². The van der Waals surface area contributed by atoms with Crippen LogP contribution in [-0.4, -0.2) is 35.1 Å². The first kappa shape index (κ1) is 17.8. The number of aromatic nitrogens is 2. The number of pyridine rings is 1. The standard InChI is InChI=1S/C18H17N3O4S/c1-3-14(25-17(23)11-6-8-19-9-7-11)16(22)21-18-20-13-5-4-12(24-2)10-15(13)26-18/h4-10,14H,3H2,1-2H3,(H,20,21,22). The maximum Gasteiger partial charge on any atom is 0.339 e. The second-order valence-corrected chi connectivity index (χ2v) is 6.41. The number of benzene rings is 1. The van der Waals surface area contributed by atoms with Crippen molar-refractivity contribution >= 4 is 38.6 Å². The first-order valence-corrected chi connectivity index (χ1v) is 8.78. The highest BCUT2D eigenvalue weighted by molar-refractivity contribution is 7.22. The lowest BCUT2D eigenvalue weighted by atomic mass is 10.2. The molecular formula is C18H17N3O4S. The Bertz CT molecular complexity index is 927. The molecule has 1 unspecified atom stereocenters. The number of nitrogens with one attached hydrogen (secondary N) is 1. The van der Waals surface area contributed by atoms with Crippen molar-refractivity contribution in [3.63, 3.8) is 0 Å². The summed E-state index contributed by atoms with van der Waals surface area (Å²) >= 11 is 1.33. The highest BCUT2D eigenvalue weighted by Crippen LogP contribution is 2.29. The molecule has 1 amide bonds. The van der Waals surface area contributed by atoms with E-state index in [4.69, 9.17) is 9.47 Å². The average molecular weight is 371 g/mol. The number of hydrogen-bond acceptors (Lipinski definition) is 7. The minimum atomic E-state index is -0.905. The molecule has 0 bridgehead atoms. The Labute approximate surface area is 154 Å². The number of anilines is 1. The third-order valence-electron chi connectivity index (χ3n) is 3.65. The summed E-state index contributed by atoms with van der Waals surface area (Å²) in [6.07, 6.45) is 2.43. The highest BCUT2D eigenvalue weighted by Gasteiger charge is 2.23. The van der Waals surface area contributed by atoms with Gasteiger partial charge in [-0.1, -0.05) is 18.3 Å². The lowest BCUT2D eigenvalue weighted by molar-refractivity contribution is -0.124. The number of esters is 1. The van der Waals surface area contributed by atoms with Crippen LogP contribution >= 0.6 is 11.3 Å². The number of amides is 1. The number of hydrogen-bond donors (Lipinski definition) is 1. The number of methoxy groups -OCH3 is 1. The lowest BCUT2D eigenvalue weighted by Gasteiger charge is -2.15. The van der Waals surface area contributed by atoms with Gasteiger partial charge in [0.15, 0.2) is 11.2 Å². The average Bonchev–Trinajstić information content (AvgIpc) is 3.07. The van der Waals surface area contributed by atoms with Gasteiger partial charge in [-0.25, -0.2) is 9.78 Å². The normalized spacial score (nSPS) is 11.8. The van der Waals surface area contributed by atoms with E-state index >= 15 is 0 Å². The monoisotopic (exact) mass is 371 g/mol. The quantitative estimate of drug-likeness (QED) is 0.669. The molecule has 0 saturated heterocycles. The number of carbonyl (C=O) groups excluding carboxylic acids is 2. The summed E-state index contributed by atoms with van der Waals surface area (Å²) < 4.78 is 11.4. The molecule has 0 aliphatic heterocycles. The third-order valence-corrected chi connectivity index (χ3v) is 4.59. The van der Waals surface area contributed by atoms with Crippen molar-refractivity contribution < 1.29 is 19.1 Å². The van der Waals surface area contributed by atoms with E-state index in [1.165, 1.54) is 35.9 Å². The first-order chi connectivity index (χ1) is 12.6. The molecule has 0 saturated carbocycles. The largest absolute Gasteiger partial charge is 0.497 e. The van der Waals surface area contributed by atoms with Crippen LogP contribution in [0.5, 0.6) is 5.75 Å². The molecule has 0 spiro atoms. The minimum Gasteiger partial charge on any atom is -0.497 e. The molecule has 1 N–H and O–H groups in total. The number of carbonyl (C=O) groups is 2. The Hall–Kier alpha value is -3.00. The van der Waals surface area contributed by atoms with Gasteiger partial charge >= 0.3 is 5.97 Å². The SMILES string of the molecule is CCC(OC(=O)c1ccncc1)C(=O)Nc1nc2ccc(OC)cc2s1. The predicted molar refractivity (Wildman–Crippen MR) is 98.5 cm³/mol. The summed E-state index contributed by atoms with van der Waals surface area (Å²) in [6, 6.07) is 8.55. The molecule has 2 aromatic heterocycles. The molecule has 3 aromatic rings. The van der Waals surface area contributed by atoms with E-state index in [2.05, 4.69) is 15.3 Å². The van der Waals surface area contributed by atoms with E-state index < -0.39 is 18.0 Å². The molecule has 1 aromatic carbocycles. The van der Waals surface area contributed by atoms with Gasteiger partial charge in [-0.3, -0.25) is 15.1 Å². The van der Waals surface area contributed by atoms with Gasteiger partial charge in [0.25, 0.3) is 5.91 Å². The third kappa shape index (κ3) is 3.97. The molecule has 0 radical (unpaired) electrons. The zero-order valence-corrected chi connectivity index (χ0v) is 15.1. The van der Waals surface area contributed by atoms with E-state index in [1.807, 2.05) is 12.1 Å². The zero-order valence-electron chi connectivity index (χ0n) is 14.3. The topological polar surface area (TPSA) is 90.4 Å². The second kappa shape index (κ2) is 7.92. The summed E-state index contributed by atoms with van der Waals surface area (Å²) in [5, 5.41) is 3.16. The summed E-state index contributed by atoms with van der Waals surface area (Å²) in [4.78, 5) is 32.8. The smallest absolute Gasteiger partial charge is 0.339 e. The zero-order chi connectivity index (χ0) is 18.5. The molecule has 26 heavy (non-hydrogen) atoms. The Morgan fingerprint density at radius 3 is 2.69 bits per heavy atom. The first-order valence-electron chi connectivity index (χ1n) is 7.97. The van der Waals surface area contributed by atoms with Gasteiger partial charge in [-0.2, -0.15) is 0 Å². The Balaban J connectivity index is 1.70. The van der Waals surface area contributed by atoms with Crippen molar-refractivity contribution in [1.29, 1.82) is 0 Å². The molecule has 2 heterocycles. The summed E-state index contributed by atoms with van der Waals surface area (Å²) in [7, 11) is 1.59. The number of fused-ring (bicyclic) bond motifs is 1. The van der Waals surface area contributed by atoms with Crippen LogP contribution in [0.3, 0.4) is 0 Å². The molecular weight excluding hydrogens is 354 g/mol. The molecule has 3 rings (SSSR count). The van der Waals surface area contributed by atoms with Crippen molar-refractivity contribution in [3.8, 4) is 5.75 Å². The van der Waals surface area contributed by atoms with Gasteiger partial charge in [-0.15, -0.1) is 0 Å². The van der Waals surface area contributed by atoms with Crippen LogP contribution in [0.2, 0.25) is 0 Å². The maximum absolute atomic E-state index is 12.5. The van der Waals surface area contributed by atoms with Crippen molar-refractivity contribution in [2.75, 3.05) is 12.4 Å². The van der Waals surface area contributed by atoms with E-state index in [0.29, 0.717) is 17.1 Å². The molecule has 0 aliphatic rings.